The van der Waals surface area contributed by atoms with E-state index in [1.54, 1.807) is 12.1 Å². The number of carbonyl (C=O) groups is 1. The molecule has 0 saturated carbocycles. The van der Waals surface area contributed by atoms with Gasteiger partial charge in [-0.2, -0.15) is 0 Å². The molecule has 2 rings (SSSR count). The van der Waals surface area contributed by atoms with E-state index in [-0.39, 0.29) is 0 Å². The summed E-state index contributed by atoms with van der Waals surface area (Å²) in [6.07, 6.45) is 3.02. The molecular weight excluding hydrogens is 330 g/mol. The van der Waals surface area contributed by atoms with Crippen LogP contribution in [0, 0.1) is 0 Å². The normalized spacial score (nSPS) is 10.3. The lowest BCUT2D eigenvalue weighted by Crippen LogP contribution is -2.13. The number of primary amides is 1. The molecule has 0 aliphatic heterocycles. The molecule has 2 aromatic carbocycles. The highest BCUT2D eigenvalue weighted by Crippen LogP contribution is 2.23. The Labute approximate surface area is 133 Å². The van der Waals surface area contributed by atoms with Gasteiger partial charge in [0.15, 0.2) is 0 Å². The lowest BCUT2D eigenvalue weighted by molar-refractivity contribution is 0.0996. The zero-order valence-corrected chi connectivity index (χ0v) is 13.3. The van der Waals surface area contributed by atoms with Crippen LogP contribution in [0.1, 0.15) is 28.8 Å². The fourth-order valence-corrected chi connectivity index (χ4v) is 2.44. The van der Waals surface area contributed by atoms with E-state index in [1.165, 1.54) is 5.56 Å². The van der Waals surface area contributed by atoms with Crippen LogP contribution in [0.5, 0.6) is 5.75 Å². The molecule has 1 amide bonds. The number of ether oxygens (including phenoxy) is 1. The third kappa shape index (κ3) is 4.90. The summed E-state index contributed by atoms with van der Waals surface area (Å²) in [5.41, 5.74) is 7.09. The van der Waals surface area contributed by atoms with Gasteiger partial charge in [0.1, 0.15) is 5.75 Å². The molecule has 2 aromatic rings. The largest absolute Gasteiger partial charge is 0.493 e. The number of benzene rings is 2. The summed E-state index contributed by atoms with van der Waals surface area (Å²) in [5, 5.41) is 0. The number of nitrogens with two attached hydrogens (primary N) is 1. The Morgan fingerprint density at radius 3 is 2.57 bits per heavy atom. The summed E-state index contributed by atoms with van der Waals surface area (Å²) in [6.45, 7) is 0.578. The number of rotatable bonds is 7. The average Bonchev–Trinajstić information content (AvgIpc) is 2.49. The summed E-state index contributed by atoms with van der Waals surface area (Å²) in [6, 6.07) is 15.7. The first-order valence-corrected chi connectivity index (χ1v) is 7.72. The summed E-state index contributed by atoms with van der Waals surface area (Å²) >= 11 is 3.32. The molecule has 2 N–H and O–H groups in total. The quantitative estimate of drug-likeness (QED) is 0.771. The lowest BCUT2D eigenvalue weighted by Gasteiger charge is -2.10. The molecular formula is C17H18BrNO2. The monoisotopic (exact) mass is 347 g/mol. The van der Waals surface area contributed by atoms with E-state index in [0.717, 1.165) is 23.7 Å². The Hall–Kier alpha value is -1.81. The molecule has 0 spiro atoms. The maximum Gasteiger partial charge on any atom is 0.252 e. The van der Waals surface area contributed by atoms with Gasteiger partial charge in [-0.3, -0.25) is 4.79 Å². The molecule has 3 nitrogen and oxygen atoms in total. The van der Waals surface area contributed by atoms with Crippen molar-refractivity contribution >= 4 is 21.8 Å². The van der Waals surface area contributed by atoms with Gasteiger partial charge in [0.2, 0.25) is 0 Å². The second-order valence-electron chi connectivity index (χ2n) is 4.80. The Bertz CT molecular complexity index is 599. The Morgan fingerprint density at radius 2 is 1.86 bits per heavy atom. The number of aryl methyl sites for hydroxylation is 1. The van der Waals surface area contributed by atoms with Crippen molar-refractivity contribution in [3.8, 4) is 5.75 Å². The Balaban J connectivity index is 1.80. The zero-order chi connectivity index (χ0) is 15.1. The number of carbonyl (C=O) groups excluding carboxylic acids is 1. The highest BCUT2D eigenvalue weighted by atomic mass is 79.9. The molecule has 0 radical (unpaired) electrons. The van der Waals surface area contributed by atoms with Crippen LogP contribution in [0.15, 0.2) is 53.0 Å². The second kappa shape index (κ2) is 7.84. The van der Waals surface area contributed by atoms with Crippen molar-refractivity contribution in [3.05, 3.63) is 64.1 Å². The molecule has 0 bridgehead atoms. The maximum atomic E-state index is 11.4. The Morgan fingerprint density at radius 1 is 1.10 bits per heavy atom. The summed E-state index contributed by atoms with van der Waals surface area (Å²) in [7, 11) is 0. The number of hydrogen-bond donors (Lipinski definition) is 1. The minimum atomic E-state index is -0.476. The summed E-state index contributed by atoms with van der Waals surface area (Å²) in [5.74, 6) is 0.0704. The number of halogens is 1. The van der Waals surface area contributed by atoms with Gasteiger partial charge in [-0.25, -0.2) is 0 Å². The second-order valence-corrected chi connectivity index (χ2v) is 5.71. The first kappa shape index (κ1) is 15.6. The van der Waals surface area contributed by atoms with E-state index >= 15 is 0 Å². The predicted octanol–water partition coefficient (Wildman–Crippen LogP) is 3.95. The molecule has 0 aliphatic carbocycles. The van der Waals surface area contributed by atoms with Gasteiger partial charge in [0.05, 0.1) is 12.2 Å². The van der Waals surface area contributed by atoms with Crippen LogP contribution >= 0.6 is 15.9 Å². The van der Waals surface area contributed by atoms with Crippen molar-refractivity contribution in [1.29, 1.82) is 0 Å². The minimum absolute atomic E-state index is 0.410. The van der Waals surface area contributed by atoms with Crippen molar-refractivity contribution in [2.75, 3.05) is 6.61 Å². The smallest absolute Gasteiger partial charge is 0.252 e. The van der Waals surface area contributed by atoms with Crippen LogP contribution < -0.4 is 10.5 Å². The van der Waals surface area contributed by atoms with Crippen molar-refractivity contribution in [2.24, 2.45) is 5.73 Å². The van der Waals surface area contributed by atoms with E-state index in [1.807, 2.05) is 24.3 Å². The molecule has 0 atom stereocenters. The van der Waals surface area contributed by atoms with Crippen molar-refractivity contribution in [2.45, 2.75) is 19.3 Å². The topological polar surface area (TPSA) is 52.3 Å². The van der Waals surface area contributed by atoms with Gasteiger partial charge in [0, 0.05) is 4.47 Å². The molecule has 110 valence electrons. The fourth-order valence-electron chi connectivity index (χ4n) is 2.08. The van der Waals surface area contributed by atoms with E-state index in [4.69, 9.17) is 10.5 Å². The van der Waals surface area contributed by atoms with Crippen LogP contribution in [0.3, 0.4) is 0 Å². The van der Waals surface area contributed by atoms with Gasteiger partial charge in [-0.1, -0.05) is 46.3 Å². The highest BCUT2D eigenvalue weighted by molar-refractivity contribution is 9.10. The highest BCUT2D eigenvalue weighted by Gasteiger charge is 2.09. The van der Waals surface area contributed by atoms with Crippen LogP contribution in [0.2, 0.25) is 0 Å². The van der Waals surface area contributed by atoms with Gasteiger partial charge in [-0.15, -0.1) is 0 Å². The number of hydrogen-bond acceptors (Lipinski definition) is 2. The van der Waals surface area contributed by atoms with Crippen molar-refractivity contribution in [3.63, 3.8) is 0 Å². The van der Waals surface area contributed by atoms with Crippen molar-refractivity contribution in [1.82, 2.24) is 0 Å². The first-order valence-electron chi connectivity index (χ1n) is 6.93. The number of amides is 1. The van der Waals surface area contributed by atoms with Gasteiger partial charge < -0.3 is 10.5 Å². The molecule has 0 aromatic heterocycles. The molecule has 0 fully saturated rings. The SMILES string of the molecule is NC(=O)c1cc(Br)ccc1OCCCCc1ccccc1. The minimum Gasteiger partial charge on any atom is -0.493 e. The van der Waals surface area contributed by atoms with E-state index in [2.05, 4.69) is 28.1 Å². The van der Waals surface area contributed by atoms with Crippen molar-refractivity contribution < 1.29 is 9.53 Å². The molecule has 0 saturated heterocycles. The zero-order valence-electron chi connectivity index (χ0n) is 11.7. The summed E-state index contributed by atoms with van der Waals surface area (Å²) in [4.78, 5) is 11.4. The third-order valence-electron chi connectivity index (χ3n) is 3.17. The van der Waals surface area contributed by atoms with Crippen LogP contribution in [-0.2, 0) is 6.42 Å². The number of unbranched alkanes of at least 4 members (excludes halogenated alkanes) is 1. The third-order valence-corrected chi connectivity index (χ3v) is 3.66. The van der Waals surface area contributed by atoms with E-state index in [9.17, 15) is 4.79 Å². The lowest BCUT2D eigenvalue weighted by atomic mass is 10.1. The molecule has 4 heteroatoms. The average molecular weight is 348 g/mol. The molecule has 0 aliphatic rings. The van der Waals surface area contributed by atoms with E-state index < -0.39 is 5.91 Å². The van der Waals surface area contributed by atoms with Crippen LogP contribution in [0.25, 0.3) is 0 Å². The predicted molar refractivity (Wildman–Crippen MR) is 87.5 cm³/mol. The van der Waals surface area contributed by atoms with Gasteiger partial charge in [0.25, 0.3) is 5.91 Å². The van der Waals surface area contributed by atoms with Gasteiger partial charge >= 0.3 is 0 Å². The standard InChI is InChI=1S/C17H18BrNO2/c18-14-9-10-16(15(12-14)17(19)20)21-11-5-4-8-13-6-2-1-3-7-13/h1-3,6-7,9-10,12H,4-5,8,11H2,(H2,19,20). The van der Waals surface area contributed by atoms with Crippen LogP contribution in [0.4, 0.5) is 0 Å². The first-order chi connectivity index (χ1) is 10.2. The molecule has 0 unspecified atom stereocenters. The van der Waals surface area contributed by atoms with Crippen LogP contribution in [-0.4, -0.2) is 12.5 Å². The fraction of sp³-hybridized carbons (Fsp3) is 0.235. The molecule has 0 heterocycles. The maximum absolute atomic E-state index is 11.4. The molecule has 21 heavy (non-hydrogen) atoms. The van der Waals surface area contributed by atoms with E-state index in [0.29, 0.717) is 17.9 Å². The van der Waals surface area contributed by atoms with Gasteiger partial charge in [-0.05, 0) is 43.0 Å². The summed E-state index contributed by atoms with van der Waals surface area (Å²) < 4.78 is 6.48. The Kier molecular flexibility index (Phi) is 5.81.